The second-order valence-electron chi connectivity index (χ2n) is 10.00. The van der Waals surface area contributed by atoms with Crippen LogP contribution >= 0.6 is 0 Å². The summed E-state index contributed by atoms with van der Waals surface area (Å²) in [6.45, 7) is 6.18. The molecule has 194 valence electrons. The van der Waals surface area contributed by atoms with Crippen LogP contribution in [0.15, 0.2) is 48.7 Å². The molecule has 1 aliphatic carbocycles. The van der Waals surface area contributed by atoms with Gasteiger partial charge in [0.2, 0.25) is 0 Å². The first kappa shape index (κ1) is 25.1. The normalized spacial score (nSPS) is 29.7. The first-order valence-corrected chi connectivity index (χ1v) is 12.8. The molecule has 0 N–H and O–H groups in total. The number of aromatic nitrogens is 3. The predicted molar refractivity (Wildman–Crippen MR) is 130 cm³/mol. The van der Waals surface area contributed by atoms with Gasteiger partial charge < -0.3 is 23.7 Å². The van der Waals surface area contributed by atoms with E-state index in [0.717, 1.165) is 30.5 Å². The molecule has 3 heterocycles. The fourth-order valence-corrected chi connectivity index (χ4v) is 5.20. The van der Waals surface area contributed by atoms with Crippen molar-refractivity contribution in [2.75, 3.05) is 6.61 Å². The van der Waals surface area contributed by atoms with Crippen LogP contribution < -0.4 is 0 Å². The molecule has 0 spiro atoms. The number of esters is 1. The number of benzene rings is 1. The van der Waals surface area contributed by atoms with Gasteiger partial charge in [-0.05, 0) is 45.6 Å². The molecule has 2 aromatic rings. The molecular weight excluding hydrogens is 462 g/mol. The number of rotatable bonds is 9. The summed E-state index contributed by atoms with van der Waals surface area (Å²) in [6.07, 6.45) is 7.50. The van der Waals surface area contributed by atoms with Crippen LogP contribution in [0.3, 0.4) is 0 Å². The number of allylic oxidation sites excluding steroid dienone is 2. The van der Waals surface area contributed by atoms with E-state index in [-0.39, 0.29) is 18.3 Å². The highest BCUT2D eigenvalue weighted by Gasteiger charge is 2.58. The van der Waals surface area contributed by atoms with Crippen LogP contribution in [0.5, 0.6) is 0 Å². The second kappa shape index (κ2) is 10.8. The van der Waals surface area contributed by atoms with Crippen molar-refractivity contribution < 1.29 is 28.5 Å². The fraction of sp³-hybridized carbons (Fsp3) is 0.593. The molecule has 1 aromatic heterocycles. The van der Waals surface area contributed by atoms with Crippen LogP contribution in [0.1, 0.15) is 69.7 Å². The number of hydrogen-bond donors (Lipinski definition) is 0. The number of nitrogens with zero attached hydrogens (tertiary/aromatic N) is 3. The standard InChI is InChI=1S/C27H35N3O6/c1-4-32-22(31)15-21(30-16-20(28-29-30)19-13-9-6-10-14-19)23-24(33-17-18-11-7-5-8-12-18)25-26(34-23)36-27(2,3)35-25/h5,7-9,11-13,16,19,21,23-26H,4,6,10,14-15,17H2,1-3H3/t19?,21?,23?,24-,25+,26+/m0/s1. The zero-order valence-electron chi connectivity index (χ0n) is 21.1. The molecule has 0 radical (unpaired) electrons. The SMILES string of the molecule is CCOC(=O)CC(C1O[C@@H]2OC(C)(C)O[C@@H]2[C@H]1OCc1ccccc1)n1cc(C2C=CCCC2)nn1. The Hall–Kier alpha value is -2.59. The molecule has 0 amide bonds. The lowest BCUT2D eigenvalue weighted by Crippen LogP contribution is -2.42. The molecule has 6 atom stereocenters. The molecule has 9 heteroatoms. The van der Waals surface area contributed by atoms with Gasteiger partial charge in [-0.25, -0.2) is 4.68 Å². The Morgan fingerprint density at radius 1 is 1.25 bits per heavy atom. The Kier molecular flexibility index (Phi) is 7.52. The Bertz CT molecular complexity index is 1050. The monoisotopic (exact) mass is 497 g/mol. The van der Waals surface area contributed by atoms with Gasteiger partial charge in [0.15, 0.2) is 12.1 Å². The smallest absolute Gasteiger partial charge is 0.308 e. The lowest BCUT2D eigenvalue weighted by Gasteiger charge is -2.30. The average molecular weight is 498 g/mol. The molecule has 36 heavy (non-hydrogen) atoms. The van der Waals surface area contributed by atoms with Crippen molar-refractivity contribution in [3.63, 3.8) is 0 Å². The fourth-order valence-electron chi connectivity index (χ4n) is 5.20. The highest BCUT2D eigenvalue weighted by molar-refractivity contribution is 5.70. The maximum atomic E-state index is 12.7. The van der Waals surface area contributed by atoms with E-state index in [4.69, 9.17) is 23.7 Å². The zero-order chi connectivity index (χ0) is 25.1. The first-order chi connectivity index (χ1) is 17.4. The lowest BCUT2D eigenvalue weighted by molar-refractivity contribution is -0.225. The van der Waals surface area contributed by atoms with Crippen LogP contribution in [-0.2, 0) is 35.1 Å². The van der Waals surface area contributed by atoms with Crippen molar-refractivity contribution in [2.24, 2.45) is 0 Å². The Balaban J connectivity index is 1.43. The maximum Gasteiger partial charge on any atom is 0.308 e. The zero-order valence-corrected chi connectivity index (χ0v) is 21.1. The third kappa shape index (κ3) is 5.54. The summed E-state index contributed by atoms with van der Waals surface area (Å²) in [5.41, 5.74) is 1.92. The highest BCUT2D eigenvalue weighted by Crippen LogP contribution is 2.43. The van der Waals surface area contributed by atoms with Crippen LogP contribution in [-0.4, -0.2) is 58.0 Å². The van der Waals surface area contributed by atoms with Gasteiger partial charge in [0, 0.05) is 12.1 Å². The van der Waals surface area contributed by atoms with Gasteiger partial charge in [0.05, 0.1) is 31.4 Å². The second-order valence-corrected chi connectivity index (χ2v) is 10.00. The van der Waals surface area contributed by atoms with Crippen LogP contribution in [0.4, 0.5) is 0 Å². The van der Waals surface area contributed by atoms with Crippen molar-refractivity contribution in [1.82, 2.24) is 15.0 Å². The van der Waals surface area contributed by atoms with Gasteiger partial charge in [-0.1, -0.05) is 47.7 Å². The van der Waals surface area contributed by atoms with Gasteiger partial charge in [-0.3, -0.25) is 4.79 Å². The van der Waals surface area contributed by atoms with E-state index in [0.29, 0.717) is 13.2 Å². The van der Waals surface area contributed by atoms with E-state index in [1.54, 1.807) is 11.6 Å². The van der Waals surface area contributed by atoms with Gasteiger partial charge >= 0.3 is 5.97 Å². The summed E-state index contributed by atoms with van der Waals surface area (Å²) in [4.78, 5) is 12.7. The Morgan fingerprint density at radius 2 is 2.08 bits per heavy atom. The molecule has 1 aromatic carbocycles. The third-order valence-corrected chi connectivity index (χ3v) is 6.87. The van der Waals surface area contributed by atoms with Crippen LogP contribution in [0.2, 0.25) is 0 Å². The first-order valence-electron chi connectivity index (χ1n) is 12.8. The summed E-state index contributed by atoms with van der Waals surface area (Å²) in [5.74, 6) is -0.905. The Labute approximate surface area is 211 Å². The van der Waals surface area contributed by atoms with E-state index < -0.39 is 36.4 Å². The summed E-state index contributed by atoms with van der Waals surface area (Å²) >= 11 is 0. The van der Waals surface area contributed by atoms with Crippen molar-refractivity contribution in [3.8, 4) is 0 Å². The highest BCUT2D eigenvalue weighted by atomic mass is 16.8. The molecule has 3 aliphatic rings. The van der Waals surface area contributed by atoms with E-state index >= 15 is 0 Å². The van der Waals surface area contributed by atoms with Gasteiger partial charge in [-0.15, -0.1) is 5.10 Å². The summed E-state index contributed by atoms with van der Waals surface area (Å²) in [7, 11) is 0. The lowest BCUT2D eigenvalue weighted by atomic mass is 9.93. The Morgan fingerprint density at radius 3 is 2.83 bits per heavy atom. The maximum absolute atomic E-state index is 12.7. The number of fused-ring (bicyclic) bond motifs is 1. The van der Waals surface area contributed by atoms with E-state index in [9.17, 15) is 4.79 Å². The quantitative estimate of drug-likeness (QED) is 0.378. The third-order valence-electron chi connectivity index (χ3n) is 6.87. The molecule has 5 rings (SSSR count). The van der Waals surface area contributed by atoms with Gasteiger partial charge in [0.1, 0.15) is 18.3 Å². The number of carbonyl (C=O) groups is 1. The largest absolute Gasteiger partial charge is 0.466 e. The summed E-state index contributed by atoms with van der Waals surface area (Å²) in [6, 6.07) is 9.44. The molecule has 3 unspecified atom stereocenters. The van der Waals surface area contributed by atoms with Crippen molar-refractivity contribution in [2.45, 2.75) is 95.4 Å². The molecule has 2 fully saturated rings. The number of carbonyl (C=O) groups excluding carboxylic acids is 1. The molecule has 0 bridgehead atoms. The molecule has 2 saturated heterocycles. The summed E-state index contributed by atoms with van der Waals surface area (Å²) in [5, 5.41) is 8.88. The van der Waals surface area contributed by atoms with Gasteiger partial charge in [0.25, 0.3) is 0 Å². The minimum absolute atomic E-state index is 0.0653. The summed E-state index contributed by atoms with van der Waals surface area (Å²) < 4.78 is 32.1. The van der Waals surface area contributed by atoms with Crippen molar-refractivity contribution >= 4 is 5.97 Å². The number of ether oxygens (including phenoxy) is 5. The van der Waals surface area contributed by atoms with E-state index in [1.807, 2.05) is 50.4 Å². The molecular formula is C27H35N3O6. The van der Waals surface area contributed by atoms with Crippen molar-refractivity contribution in [1.29, 1.82) is 0 Å². The van der Waals surface area contributed by atoms with E-state index in [2.05, 4.69) is 22.5 Å². The van der Waals surface area contributed by atoms with Gasteiger partial charge in [-0.2, -0.15) is 0 Å². The van der Waals surface area contributed by atoms with Crippen LogP contribution in [0, 0.1) is 0 Å². The van der Waals surface area contributed by atoms with E-state index in [1.165, 1.54) is 0 Å². The molecule has 0 saturated carbocycles. The molecule has 9 nitrogen and oxygen atoms in total. The predicted octanol–water partition coefficient (Wildman–Crippen LogP) is 4.06. The minimum atomic E-state index is -0.793. The van der Waals surface area contributed by atoms with Crippen LogP contribution in [0.25, 0.3) is 0 Å². The molecule has 2 aliphatic heterocycles. The number of hydrogen-bond acceptors (Lipinski definition) is 8. The van der Waals surface area contributed by atoms with Crippen molar-refractivity contribution in [3.05, 3.63) is 59.9 Å². The minimum Gasteiger partial charge on any atom is -0.466 e. The average Bonchev–Trinajstić information content (AvgIpc) is 3.55. The topological polar surface area (TPSA) is 93.9 Å².